The topological polar surface area (TPSA) is 72.7 Å². The summed E-state index contributed by atoms with van der Waals surface area (Å²) in [6.45, 7) is 4.62. The van der Waals surface area contributed by atoms with Gasteiger partial charge in [-0.25, -0.2) is 4.68 Å². The number of carbonyl (C=O) groups is 1. The van der Waals surface area contributed by atoms with Crippen molar-refractivity contribution in [2.45, 2.75) is 52.0 Å². The predicted molar refractivity (Wildman–Crippen MR) is 88.1 cm³/mol. The third-order valence-electron chi connectivity index (χ3n) is 5.05. The van der Waals surface area contributed by atoms with E-state index in [1.807, 2.05) is 4.68 Å². The molecule has 23 heavy (non-hydrogen) atoms. The minimum absolute atomic E-state index is 0.251. The quantitative estimate of drug-likeness (QED) is 0.938. The molecule has 6 heteroatoms. The van der Waals surface area contributed by atoms with Gasteiger partial charge in [-0.1, -0.05) is 25.5 Å². The molecule has 1 aliphatic carbocycles. The average molecular weight is 313 g/mol. The van der Waals surface area contributed by atoms with Crippen LogP contribution in [-0.4, -0.2) is 25.9 Å². The zero-order valence-electron chi connectivity index (χ0n) is 13.7. The summed E-state index contributed by atoms with van der Waals surface area (Å²) in [7, 11) is 0. The van der Waals surface area contributed by atoms with Crippen LogP contribution in [0.25, 0.3) is 0 Å². The minimum Gasteiger partial charge on any atom is -0.319 e. The van der Waals surface area contributed by atoms with E-state index in [-0.39, 0.29) is 5.91 Å². The number of aromatic nitrogens is 4. The van der Waals surface area contributed by atoms with Gasteiger partial charge in [-0.05, 0) is 43.2 Å². The zero-order chi connectivity index (χ0) is 16.3. The Morgan fingerprint density at radius 1 is 1.43 bits per heavy atom. The first-order valence-electron chi connectivity index (χ1n) is 8.23. The van der Waals surface area contributed by atoms with E-state index in [2.05, 4.69) is 34.5 Å². The van der Waals surface area contributed by atoms with Crippen LogP contribution in [-0.2, 0) is 0 Å². The lowest BCUT2D eigenvalue weighted by Crippen LogP contribution is -2.25. The van der Waals surface area contributed by atoms with Crippen molar-refractivity contribution in [3.05, 3.63) is 36.4 Å². The monoisotopic (exact) mass is 313 g/mol. The number of nitrogens with one attached hydrogen (secondary N) is 1. The van der Waals surface area contributed by atoms with Crippen LogP contribution in [0, 0.1) is 5.41 Å². The maximum atomic E-state index is 12.2. The Morgan fingerprint density at radius 3 is 2.87 bits per heavy atom. The molecule has 2 aromatic rings. The molecule has 0 spiro atoms. The van der Waals surface area contributed by atoms with E-state index in [9.17, 15) is 4.79 Å². The summed E-state index contributed by atoms with van der Waals surface area (Å²) in [6.07, 6.45) is 10.8. The third-order valence-corrected chi connectivity index (χ3v) is 5.05. The lowest BCUT2D eigenvalue weighted by molar-refractivity contribution is 0.102. The molecule has 122 valence electrons. The Morgan fingerprint density at radius 2 is 2.22 bits per heavy atom. The Bertz CT molecular complexity index is 659. The number of pyridine rings is 1. The van der Waals surface area contributed by atoms with Gasteiger partial charge in [0.2, 0.25) is 0 Å². The molecule has 0 radical (unpaired) electrons. The van der Waals surface area contributed by atoms with Crippen LogP contribution in [0.15, 0.2) is 30.7 Å². The molecule has 1 amide bonds. The van der Waals surface area contributed by atoms with Gasteiger partial charge in [0.15, 0.2) is 5.69 Å². The van der Waals surface area contributed by atoms with Crippen molar-refractivity contribution in [3.63, 3.8) is 0 Å². The average Bonchev–Trinajstić information content (AvgIpc) is 3.07. The SMILES string of the molecule is CCC1(C)CCC(n2cc(C(=O)Nc3cccnc3)nn2)CC1. The van der Waals surface area contributed by atoms with Crippen molar-refractivity contribution in [2.75, 3.05) is 5.32 Å². The zero-order valence-corrected chi connectivity index (χ0v) is 13.7. The fraction of sp³-hybridized carbons (Fsp3) is 0.529. The fourth-order valence-corrected chi connectivity index (χ4v) is 3.11. The minimum atomic E-state index is -0.251. The molecule has 1 saturated carbocycles. The van der Waals surface area contributed by atoms with E-state index < -0.39 is 0 Å². The molecule has 0 bridgehead atoms. The molecular weight excluding hydrogens is 290 g/mol. The lowest BCUT2D eigenvalue weighted by Gasteiger charge is -2.36. The van der Waals surface area contributed by atoms with Gasteiger partial charge in [-0.15, -0.1) is 5.10 Å². The molecule has 0 aliphatic heterocycles. The fourth-order valence-electron chi connectivity index (χ4n) is 3.11. The van der Waals surface area contributed by atoms with Crippen molar-refractivity contribution >= 4 is 11.6 Å². The Hall–Kier alpha value is -2.24. The summed E-state index contributed by atoms with van der Waals surface area (Å²) in [5.41, 5.74) is 1.46. The van der Waals surface area contributed by atoms with Crippen LogP contribution in [0.2, 0.25) is 0 Å². The van der Waals surface area contributed by atoms with E-state index in [1.165, 1.54) is 19.3 Å². The summed E-state index contributed by atoms with van der Waals surface area (Å²) in [4.78, 5) is 16.2. The van der Waals surface area contributed by atoms with Gasteiger partial charge in [-0.3, -0.25) is 9.78 Å². The number of nitrogens with zero attached hydrogens (tertiary/aromatic N) is 4. The molecule has 6 nitrogen and oxygen atoms in total. The molecule has 1 N–H and O–H groups in total. The van der Waals surface area contributed by atoms with E-state index in [0.717, 1.165) is 12.8 Å². The van der Waals surface area contributed by atoms with Crippen LogP contribution >= 0.6 is 0 Å². The number of hydrogen-bond acceptors (Lipinski definition) is 4. The van der Waals surface area contributed by atoms with Gasteiger partial charge >= 0.3 is 0 Å². The van der Waals surface area contributed by atoms with Crippen LogP contribution in [0.1, 0.15) is 62.5 Å². The number of rotatable bonds is 4. The van der Waals surface area contributed by atoms with Crippen molar-refractivity contribution < 1.29 is 4.79 Å². The second-order valence-electron chi connectivity index (χ2n) is 6.68. The van der Waals surface area contributed by atoms with Crippen LogP contribution in [0.4, 0.5) is 5.69 Å². The number of hydrogen-bond donors (Lipinski definition) is 1. The van der Waals surface area contributed by atoms with Gasteiger partial charge in [0, 0.05) is 6.20 Å². The lowest BCUT2D eigenvalue weighted by atomic mass is 9.72. The molecule has 0 aromatic carbocycles. The number of anilines is 1. The summed E-state index contributed by atoms with van der Waals surface area (Å²) >= 11 is 0. The summed E-state index contributed by atoms with van der Waals surface area (Å²) in [5, 5.41) is 11.0. The maximum absolute atomic E-state index is 12.2. The number of amides is 1. The summed E-state index contributed by atoms with van der Waals surface area (Å²) < 4.78 is 1.85. The molecule has 1 fully saturated rings. The van der Waals surface area contributed by atoms with Crippen molar-refractivity contribution in [1.29, 1.82) is 0 Å². The molecular formula is C17H23N5O. The van der Waals surface area contributed by atoms with Gasteiger partial charge in [0.25, 0.3) is 5.91 Å². The molecule has 0 atom stereocenters. The second kappa shape index (κ2) is 6.48. The Labute approximate surface area is 136 Å². The predicted octanol–water partition coefficient (Wildman–Crippen LogP) is 3.46. The van der Waals surface area contributed by atoms with Crippen LogP contribution < -0.4 is 5.32 Å². The van der Waals surface area contributed by atoms with E-state index in [1.54, 1.807) is 30.7 Å². The van der Waals surface area contributed by atoms with Crippen molar-refractivity contribution in [3.8, 4) is 0 Å². The highest BCUT2D eigenvalue weighted by molar-refractivity contribution is 6.02. The normalized spacial score (nSPS) is 24.3. The number of carbonyl (C=O) groups excluding carboxylic acids is 1. The van der Waals surface area contributed by atoms with Crippen molar-refractivity contribution in [1.82, 2.24) is 20.0 Å². The summed E-state index contributed by atoms with van der Waals surface area (Å²) in [5.74, 6) is -0.251. The first kappa shape index (κ1) is 15.6. The summed E-state index contributed by atoms with van der Waals surface area (Å²) in [6, 6.07) is 3.92. The molecule has 1 aliphatic rings. The van der Waals surface area contributed by atoms with E-state index >= 15 is 0 Å². The second-order valence-corrected chi connectivity index (χ2v) is 6.68. The first-order chi connectivity index (χ1) is 11.1. The van der Waals surface area contributed by atoms with Gasteiger partial charge in [0.05, 0.1) is 24.1 Å². The maximum Gasteiger partial charge on any atom is 0.277 e. The highest BCUT2D eigenvalue weighted by Crippen LogP contribution is 2.42. The van der Waals surface area contributed by atoms with Gasteiger partial charge in [0.1, 0.15) is 0 Å². The molecule has 0 unspecified atom stereocenters. The molecule has 0 saturated heterocycles. The molecule has 3 rings (SSSR count). The standard InChI is InChI=1S/C17H23N5O/c1-3-17(2)8-6-14(7-9-17)22-12-15(20-21-22)16(23)19-13-5-4-10-18-11-13/h4-5,10-12,14H,3,6-9H2,1-2H3,(H,19,23). The largest absolute Gasteiger partial charge is 0.319 e. The highest BCUT2D eigenvalue weighted by atomic mass is 16.2. The van der Waals surface area contributed by atoms with Crippen LogP contribution in [0.3, 0.4) is 0 Å². The highest BCUT2D eigenvalue weighted by Gasteiger charge is 2.30. The van der Waals surface area contributed by atoms with Crippen LogP contribution in [0.5, 0.6) is 0 Å². The van der Waals surface area contributed by atoms with Gasteiger partial charge < -0.3 is 5.32 Å². The first-order valence-corrected chi connectivity index (χ1v) is 8.23. The van der Waals surface area contributed by atoms with Crippen molar-refractivity contribution in [2.24, 2.45) is 5.41 Å². The Kier molecular flexibility index (Phi) is 4.41. The smallest absolute Gasteiger partial charge is 0.277 e. The molecule has 2 heterocycles. The van der Waals surface area contributed by atoms with E-state index in [4.69, 9.17) is 0 Å². The third kappa shape index (κ3) is 3.57. The molecule has 2 aromatic heterocycles. The van der Waals surface area contributed by atoms with E-state index in [0.29, 0.717) is 22.8 Å². The Balaban J connectivity index is 1.63. The van der Waals surface area contributed by atoms with Gasteiger partial charge in [-0.2, -0.15) is 0 Å².